The molecular weight excluding hydrogens is 492 g/mol. The fourth-order valence-electron chi connectivity index (χ4n) is 4.57. The Morgan fingerprint density at radius 1 is 0.821 bits per heavy atom. The smallest absolute Gasteiger partial charge is 0.247 e. The van der Waals surface area contributed by atoms with E-state index in [1.807, 2.05) is 103 Å². The van der Waals surface area contributed by atoms with Gasteiger partial charge in [0.2, 0.25) is 18.6 Å². The highest BCUT2D eigenvalue weighted by atomic mass is 16.7. The Kier molecular flexibility index (Phi) is 8.07. The summed E-state index contributed by atoms with van der Waals surface area (Å²) in [4.78, 5) is 29.4. The van der Waals surface area contributed by atoms with E-state index in [1.54, 1.807) is 12.0 Å². The molecule has 4 aromatic rings. The third-order valence-corrected chi connectivity index (χ3v) is 6.61. The molecule has 1 N–H and O–H groups in total. The number of amides is 2. The first-order chi connectivity index (χ1) is 19.1. The van der Waals surface area contributed by atoms with E-state index >= 15 is 0 Å². The summed E-state index contributed by atoms with van der Waals surface area (Å²) in [7, 11) is 1.61. The number of benzene rings is 4. The lowest BCUT2D eigenvalue weighted by atomic mass is 10.0. The highest BCUT2D eigenvalue weighted by Gasteiger charge is 2.31. The largest absolute Gasteiger partial charge is 0.497 e. The Bertz CT molecular complexity index is 1410. The average molecular weight is 523 g/mol. The third kappa shape index (κ3) is 6.38. The summed E-state index contributed by atoms with van der Waals surface area (Å²) < 4.78 is 16.2. The van der Waals surface area contributed by atoms with Gasteiger partial charge in [-0.15, -0.1) is 0 Å². The number of rotatable bonds is 10. The fraction of sp³-hybridized carbons (Fsp3) is 0.188. The Morgan fingerprint density at radius 2 is 1.49 bits per heavy atom. The number of ether oxygens (including phenoxy) is 3. The van der Waals surface area contributed by atoms with E-state index in [1.165, 1.54) is 0 Å². The van der Waals surface area contributed by atoms with Crippen molar-refractivity contribution in [3.63, 3.8) is 0 Å². The van der Waals surface area contributed by atoms with Crippen LogP contribution >= 0.6 is 0 Å². The van der Waals surface area contributed by atoms with Crippen molar-refractivity contribution in [2.75, 3.05) is 13.9 Å². The minimum atomic E-state index is -0.835. The monoisotopic (exact) mass is 522 g/mol. The topological polar surface area (TPSA) is 77.1 Å². The Labute approximate surface area is 227 Å². The quantitative estimate of drug-likeness (QED) is 0.315. The number of fused-ring (bicyclic) bond motifs is 1. The van der Waals surface area contributed by atoms with Crippen molar-refractivity contribution in [1.82, 2.24) is 10.2 Å². The number of hydrogen-bond acceptors (Lipinski definition) is 5. The van der Waals surface area contributed by atoms with Crippen molar-refractivity contribution in [3.8, 4) is 17.2 Å². The molecule has 1 heterocycles. The number of hydrogen-bond donors (Lipinski definition) is 1. The first-order valence-electron chi connectivity index (χ1n) is 12.8. The van der Waals surface area contributed by atoms with E-state index in [-0.39, 0.29) is 38.1 Å². The summed E-state index contributed by atoms with van der Waals surface area (Å²) in [5.74, 6) is 1.64. The zero-order chi connectivity index (χ0) is 27.0. The van der Waals surface area contributed by atoms with E-state index in [9.17, 15) is 9.59 Å². The van der Waals surface area contributed by atoms with Gasteiger partial charge >= 0.3 is 0 Å². The maximum Gasteiger partial charge on any atom is 0.247 e. The Balaban J connectivity index is 1.44. The van der Waals surface area contributed by atoms with Crippen molar-refractivity contribution in [3.05, 3.63) is 125 Å². The van der Waals surface area contributed by atoms with Crippen molar-refractivity contribution in [1.29, 1.82) is 0 Å². The molecule has 7 nitrogen and oxygen atoms in total. The van der Waals surface area contributed by atoms with Gasteiger partial charge in [0.15, 0.2) is 11.5 Å². The lowest BCUT2D eigenvalue weighted by molar-refractivity contribution is -0.141. The minimum Gasteiger partial charge on any atom is -0.497 e. The van der Waals surface area contributed by atoms with E-state index in [2.05, 4.69) is 5.32 Å². The Morgan fingerprint density at radius 3 is 2.21 bits per heavy atom. The van der Waals surface area contributed by atoms with Gasteiger partial charge in [-0.3, -0.25) is 9.59 Å². The van der Waals surface area contributed by atoms with Crippen LogP contribution in [0.15, 0.2) is 103 Å². The van der Waals surface area contributed by atoms with Gasteiger partial charge in [0, 0.05) is 13.1 Å². The molecule has 7 heteroatoms. The standard InChI is InChI=1S/C32H30N2O5/c1-37-27-15-12-24(13-16-27)21-34(30(35)19-23-8-4-2-5-9-23)31(26-10-6-3-7-11-26)32(36)33-20-25-14-17-28-29(18-25)39-22-38-28/h2-18,31H,19-22H2,1H3,(H,33,36). The van der Waals surface area contributed by atoms with Crippen LogP contribution in [0.4, 0.5) is 0 Å². The molecule has 0 aliphatic carbocycles. The van der Waals surface area contributed by atoms with Crippen LogP contribution < -0.4 is 19.5 Å². The van der Waals surface area contributed by atoms with Crippen molar-refractivity contribution in [2.24, 2.45) is 0 Å². The highest BCUT2D eigenvalue weighted by molar-refractivity contribution is 5.89. The number of carbonyl (C=O) groups is 2. The zero-order valence-electron chi connectivity index (χ0n) is 21.7. The van der Waals surface area contributed by atoms with Gasteiger partial charge in [-0.1, -0.05) is 78.9 Å². The summed E-state index contributed by atoms with van der Waals surface area (Å²) in [5, 5.41) is 3.04. The van der Waals surface area contributed by atoms with Gasteiger partial charge in [-0.05, 0) is 46.5 Å². The lowest BCUT2D eigenvalue weighted by Crippen LogP contribution is -2.43. The molecule has 0 saturated heterocycles. The molecule has 0 radical (unpaired) electrons. The van der Waals surface area contributed by atoms with Gasteiger partial charge in [0.1, 0.15) is 11.8 Å². The van der Waals surface area contributed by atoms with Gasteiger partial charge in [0.05, 0.1) is 13.5 Å². The predicted molar refractivity (Wildman–Crippen MR) is 147 cm³/mol. The number of nitrogens with zero attached hydrogens (tertiary/aromatic N) is 1. The first kappa shape index (κ1) is 25.9. The molecule has 5 rings (SSSR count). The maximum absolute atomic E-state index is 13.9. The van der Waals surface area contributed by atoms with Crippen LogP contribution in [0.1, 0.15) is 28.3 Å². The molecular formula is C32H30N2O5. The summed E-state index contributed by atoms with van der Waals surface area (Å²) in [6, 6.07) is 31.2. The van der Waals surface area contributed by atoms with Crippen LogP contribution in [0.2, 0.25) is 0 Å². The van der Waals surface area contributed by atoms with Crippen LogP contribution in [0.25, 0.3) is 0 Å². The summed E-state index contributed by atoms with van der Waals surface area (Å²) in [6.45, 7) is 0.722. The zero-order valence-corrected chi connectivity index (χ0v) is 21.7. The van der Waals surface area contributed by atoms with E-state index < -0.39 is 6.04 Å². The highest BCUT2D eigenvalue weighted by Crippen LogP contribution is 2.32. The van der Waals surface area contributed by atoms with Gasteiger partial charge in [-0.25, -0.2) is 0 Å². The molecule has 1 aliphatic rings. The number of carbonyl (C=O) groups excluding carboxylic acids is 2. The Hall–Kier alpha value is -4.78. The fourth-order valence-corrected chi connectivity index (χ4v) is 4.57. The molecule has 1 aliphatic heterocycles. The van der Waals surface area contributed by atoms with Crippen LogP contribution in [-0.4, -0.2) is 30.6 Å². The van der Waals surface area contributed by atoms with Crippen molar-refractivity contribution in [2.45, 2.75) is 25.6 Å². The SMILES string of the molecule is COc1ccc(CN(C(=O)Cc2ccccc2)C(C(=O)NCc2ccc3c(c2)OCO3)c2ccccc2)cc1. The second kappa shape index (κ2) is 12.2. The lowest BCUT2D eigenvalue weighted by Gasteiger charge is -2.32. The molecule has 4 aromatic carbocycles. The molecule has 0 saturated carbocycles. The maximum atomic E-state index is 13.9. The molecule has 39 heavy (non-hydrogen) atoms. The van der Waals surface area contributed by atoms with Gasteiger partial charge < -0.3 is 24.4 Å². The molecule has 0 aromatic heterocycles. The van der Waals surface area contributed by atoms with Crippen molar-refractivity contribution < 1.29 is 23.8 Å². The van der Waals surface area contributed by atoms with Crippen LogP contribution in [0.5, 0.6) is 17.2 Å². The first-order valence-corrected chi connectivity index (χ1v) is 12.8. The van der Waals surface area contributed by atoms with E-state index in [0.717, 1.165) is 28.0 Å². The minimum absolute atomic E-state index is 0.149. The summed E-state index contributed by atoms with van der Waals surface area (Å²) in [6.07, 6.45) is 0.176. The molecule has 1 atom stereocenters. The molecule has 0 bridgehead atoms. The van der Waals surface area contributed by atoms with E-state index in [4.69, 9.17) is 14.2 Å². The summed E-state index contributed by atoms with van der Waals surface area (Å²) >= 11 is 0. The van der Waals surface area contributed by atoms with Crippen LogP contribution in [0.3, 0.4) is 0 Å². The number of nitrogens with one attached hydrogen (secondary N) is 1. The number of methoxy groups -OCH3 is 1. The molecule has 0 fully saturated rings. The predicted octanol–water partition coefficient (Wildman–Crippen LogP) is 5.05. The average Bonchev–Trinajstić information content (AvgIpc) is 3.45. The van der Waals surface area contributed by atoms with Gasteiger partial charge in [-0.2, -0.15) is 0 Å². The van der Waals surface area contributed by atoms with Crippen LogP contribution in [0, 0.1) is 0 Å². The summed E-state index contributed by atoms with van der Waals surface area (Å²) in [5.41, 5.74) is 3.38. The second-order valence-electron chi connectivity index (χ2n) is 9.25. The molecule has 1 unspecified atom stereocenters. The molecule has 2 amide bonds. The van der Waals surface area contributed by atoms with E-state index in [0.29, 0.717) is 11.5 Å². The third-order valence-electron chi connectivity index (χ3n) is 6.61. The molecule has 0 spiro atoms. The second-order valence-corrected chi connectivity index (χ2v) is 9.25. The molecule has 198 valence electrons. The normalized spacial score (nSPS) is 12.4. The van der Waals surface area contributed by atoms with Crippen molar-refractivity contribution >= 4 is 11.8 Å². The van der Waals surface area contributed by atoms with Crippen LogP contribution in [-0.2, 0) is 29.1 Å². The van der Waals surface area contributed by atoms with Gasteiger partial charge in [0.25, 0.3) is 0 Å².